The fourth-order valence-electron chi connectivity index (χ4n) is 4.89. The Morgan fingerprint density at radius 1 is 0.722 bits per heavy atom. The molecule has 0 heterocycles. The summed E-state index contributed by atoms with van der Waals surface area (Å²) in [7, 11) is 3.03. The number of fused-ring (bicyclic) bond motifs is 3. The Labute approximate surface area is 209 Å². The zero-order valence-corrected chi connectivity index (χ0v) is 19.9. The summed E-state index contributed by atoms with van der Waals surface area (Å²) in [5, 5.41) is 42.1. The fourth-order valence-corrected chi connectivity index (χ4v) is 4.89. The lowest BCUT2D eigenvalue weighted by Crippen LogP contribution is -2.07. The maximum Gasteiger partial charge on any atom is 0.165 e. The lowest BCUT2D eigenvalue weighted by atomic mass is 9.80. The molecule has 0 bridgehead atoms. The van der Waals surface area contributed by atoms with Gasteiger partial charge in [-0.05, 0) is 82.6 Å². The first-order valence-electron chi connectivity index (χ1n) is 11.5. The maximum absolute atomic E-state index is 11.2. The number of ether oxygens (including phenoxy) is 2. The van der Waals surface area contributed by atoms with Crippen LogP contribution in [0.4, 0.5) is 0 Å². The van der Waals surface area contributed by atoms with Crippen LogP contribution in [0.25, 0.3) is 34.4 Å². The summed E-state index contributed by atoms with van der Waals surface area (Å²) in [4.78, 5) is 0. The van der Waals surface area contributed by atoms with Gasteiger partial charge in [0.05, 0.1) is 14.2 Å². The van der Waals surface area contributed by atoms with Crippen LogP contribution in [0.15, 0.2) is 60.7 Å². The lowest BCUT2D eigenvalue weighted by Gasteiger charge is -2.26. The first kappa shape index (κ1) is 23.2. The number of hydrogen-bond donors (Lipinski definition) is 4. The third kappa shape index (κ3) is 4.07. The highest BCUT2D eigenvalue weighted by Gasteiger charge is 2.28. The summed E-state index contributed by atoms with van der Waals surface area (Å²) >= 11 is 0. The zero-order valence-electron chi connectivity index (χ0n) is 19.9. The summed E-state index contributed by atoms with van der Waals surface area (Å²) in [6.07, 6.45) is 4.97. The molecule has 0 saturated carbocycles. The third-order valence-electron chi connectivity index (χ3n) is 6.55. The van der Waals surface area contributed by atoms with Crippen molar-refractivity contribution in [3.05, 3.63) is 82.9 Å². The summed E-state index contributed by atoms with van der Waals surface area (Å²) in [5.74, 6) is 1.15. The van der Waals surface area contributed by atoms with Gasteiger partial charge in [0.25, 0.3) is 0 Å². The molecule has 4 aromatic carbocycles. The summed E-state index contributed by atoms with van der Waals surface area (Å²) in [5.41, 5.74) is 6.04. The minimum absolute atomic E-state index is 0.0211. The standard InChI is InChI=1S/C30H26O6/c1-35-22-14-19(7-6-17-4-3-5-20(31)12-17)28(26(33)15-22)25-16-27(36-2)30(34)29-23-11-9-21(32)13-18(23)8-10-24(25)29/h3-7,9,11-16,31-34H,8,10H2,1-2H3/b7-6+. The zero-order chi connectivity index (χ0) is 25.4. The minimum Gasteiger partial charge on any atom is -0.508 e. The smallest absolute Gasteiger partial charge is 0.165 e. The molecule has 36 heavy (non-hydrogen) atoms. The van der Waals surface area contributed by atoms with Gasteiger partial charge in [-0.1, -0.05) is 30.4 Å². The molecule has 1 aliphatic rings. The van der Waals surface area contributed by atoms with Crippen molar-refractivity contribution in [1.82, 2.24) is 0 Å². The van der Waals surface area contributed by atoms with Gasteiger partial charge < -0.3 is 29.9 Å². The molecule has 5 rings (SSSR count). The second-order valence-corrected chi connectivity index (χ2v) is 8.71. The van der Waals surface area contributed by atoms with E-state index in [1.54, 1.807) is 48.5 Å². The van der Waals surface area contributed by atoms with Crippen LogP contribution in [0.5, 0.6) is 34.5 Å². The monoisotopic (exact) mass is 482 g/mol. The molecule has 0 fully saturated rings. The van der Waals surface area contributed by atoms with E-state index in [9.17, 15) is 20.4 Å². The van der Waals surface area contributed by atoms with E-state index in [0.717, 1.165) is 27.8 Å². The second kappa shape index (κ2) is 9.23. The molecule has 0 aromatic heterocycles. The summed E-state index contributed by atoms with van der Waals surface area (Å²) in [6, 6.07) is 17.1. The van der Waals surface area contributed by atoms with Crippen LogP contribution in [-0.4, -0.2) is 34.6 Å². The third-order valence-corrected chi connectivity index (χ3v) is 6.55. The first-order valence-corrected chi connectivity index (χ1v) is 11.5. The molecule has 6 nitrogen and oxygen atoms in total. The fraction of sp³-hybridized carbons (Fsp3) is 0.133. The van der Waals surface area contributed by atoms with Crippen LogP contribution in [0.2, 0.25) is 0 Å². The van der Waals surface area contributed by atoms with E-state index < -0.39 is 0 Å². The van der Waals surface area contributed by atoms with Gasteiger partial charge in [-0.2, -0.15) is 0 Å². The number of rotatable bonds is 5. The molecule has 0 spiro atoms. The molecule has 182 valence electrons. The Balaban J connectivity index is 1.76. The molecular weight excluding hydrogens is 456 g/mol. The molecular formula is C30H26O6. The van der Waals surface area contributed by atoms with Gasteiger partial charge in [0.15, 0.2) is 11.5 Å². The Bertz CT molecular complexity index is 1500. The van der Waals surface area contributed by atoms with Gasteiger partial charge in [-0.25, -0.2) is 0 Å². The lowest BCUT2D eigenvalue weighted by molar-refractivity contribution is 0.374. The normalized spacial score (nSPS) is 12.3. The van der Waals surface area contributed by atoms with Crippen LogP contribution in [0, 0.1) is 0 Å². The number of aryl methyl sites for hydroxylation is 1. The summed E-state index contributed by atoms with van der Waals surface area (Å²) < 4.78 is 10.9. The minimum atomic E-state index is 0.0211. The van der Waals surface area contributed by atoms with Crippen molar-refractivity contribution in [2.24, 2.45) is 0 Å². The van der Waals surface area contributed by atoms with E-state index in [2.05, 4.69) is 0 Å². The molecule has 0 saturated heterocycles. The van der Waals surface area contributed by atoms with E-state index in [1.807, 2.05) is 24.3 Å². The van der Waals surface area contributed by atoms with Crippen molar-refractivity contribution in [1.29, 1.82) is 0 Å². The van der Waals surface area contributed by atoms with Crippen molar-refractivity contribution in [2.75, 3.05) is 14.2 Å². The Morgan fingerprint density at radius 2 is 1.53 bits per heavy atom. The molecule has 0 unspecified atom stereocenters. The number of phenolic OH excluding ortho intramolecular Hbond substituents is 4. The predicted molar refractivity (Wildman–Crippen MR) is 140 cm³/mol. The van der Waals surface area contributed by atoms with Crippen molar-refractivity contribution >= 4 is 12.2 Å². The number of phenols is 4. The molecule has 0 atom stereocenters. The van der Waals surface area contributed by atoms with Gasteiger partial charge in [0.2, 0.25) is 0 Å². The number of methoxy groups -OCH3 is 2. The predicted octanol–water partition coefficient (Wildman–Crippen LogP) is 6.13. The average molecular weight is 483 g/mol. The molecule has 0 amide bonds. The van der Waals surface area contributed by atoms with Crippen molar-refractivity contribution in [2.45, 2.75) is 12.8 Å². The highest BCUT2D eigenvalue weighted by molar-refractivity contribution is 5.93. The van der Waals surface area contributed by atoms with E-state index in [0.29, 0.717) is 35.3 Å². The van der Waals surface area contributed by atoms with Gasteiger partial charge in [0.1, 0.15) is 23.0 Å². The Kier molecular flexibility index (Phi) is 5.94. The van der Waals surface area contributed by atoms with Crippen LogP contribution in [0.1, 0.15) is 22.3 Å². The molecule has 4 N–H and O–H groups in total. The summed E-state index contributed by atoms with van der Waals surface area (Å²) in [6.45, 7) is 0. The average Bonchev–Trinajstić information content (AvgIpc) is 2.87. The second-order valence-electron chi connectivity index (χ2n) is 8.71. The maximum atomic E-state index is 11.2. The number of hydrogen-bond acceptors (Lipinski definition) is 6. The molecule has 0 aliphatic heterocycles. The highest BCUT2D eigenvalue weighted by atomic mass is 16.5. The molecule has 1 aliphatic carbocycles. The Morgan fingerprint density at radius 3 is 2.28 bits per heavy atom. The van der Waals surface area contributed by atoms with E-state index >= 15 is 0 Å². The van der Waals surface area contributed by atoms with E-state index in [-0.39, 0.29) is 28.7 Å². The van der Waals surface area contributed by atoms with E-state index in [1.165, 1.54) is 14.2 Å². The van der Waals surface area contributed by atoms with Gasteiger partial charge in [0, 0.05) is 17.2 Å². The largest absolute Gasteiger partial charge is 0.508 e. The van der Waals surface area contributed by atoms with Crippen LogP contribution in [-0.2, 0) is 12.8 Å². The molecule has 0 radical (unpaired) electrons. The SMILES string of the molecule is COc1cc(O)c(-c2cc(OC)c(O)c3c2CCc2cc(O)ccc2-3)c(/C=C/c2cccc(O)c2)c1. The van der Waals surface area contributed by atoms with Crippen molar-refractivity contribution in [3.8, 4) is 56.8 Å². The highest BCUT2D eigenvalue weighted by Crippen LogP contribution is 2.51. The van der Waals surface area contributed by atoms with Gasteiger partial charge >= 0.3 is 0 Å². The topological polar surface area (TPSA) is 99.4 Å². The van der Waals surface area contributed by atoms with Crippen LogP contribution in [0.3, 0.4) is 0 Å². The molecule has 4 aromatic rings. The number of benzene rings is 4. The Hall–Kier alpha value is -4.58. The van der Waals surface area contributed by atoms with E-state index in [4.69, 9.17) is 9.47 Å². The van der Waals surface area contributed by atoms with Crippen LogP contribution < -0.4 is 9.47 Å². The van der Waals surface area contributed by atoms with Crippen LogP contribution >= 0.6 is 0 Å². The van der Waals surface area contributed by atoms with Gasteiger partial charge in [-0.3, -0.25) is 0 Å². The quantitative estimate of drug-likeness (QED) is 0.256. The van der Waals surface area contributed by atoms with Crippen molar-refractivity contribution < 1.29 is 29.9 Å². The number of aromatic hydroxyl groups is 4. The first-order chi connectivity index (χ1) is 17.4. The van der Waals surface area contributed by atoms with Crippen molar-refractivity contribution in [3.63, 3.8) is 0 Å². The van der Waals surface area contributed by atoms with Gasteiger partial charge in [-0.15, -0.1) is 0 Å². The molecule has 6 heteroatoms.